The van der Waals surface area contributed by atoms with Crippen molar-refractivity contribution in [2.75, 3.05) is 7.05 Å². The van der Waals surface area contributed by atoms with Crippen LogP contribution >= 0.6 is 11.8 Å². The predicted octanol–water partition coefficient (Wildman–Crippen LogP) is 1.72. The summed E-state index contributed by atoms with van der Waals surface area (Å²) in [5, 5.41) is 0.866. The van der Waals surface area contributed by atoms with Crippen molar-refractivity contribution < 1.29 is 0 Å². The molecule has 0 saturated carbocycles. The number of aliphatic imine (C=N–C) groups is 3. The molecule has 1 aliphatic rings. The van der Waals surface area contributed by atoms with Gasteiger partial charge < -0.3 is 0 Å². The summed E-state index contributed by atoms with van der Waals surface area (Å²) >= 11 is 1.49. The maximum atomic E-state index is 4.14. The number of thioether (sulfide) groups is 1. The molecule has 4 heteroatoms. The highest BCUT2D eigenvalue weighted by atomic mass is 32.2. The van der Waals surface area contributed by atoms with Gasteiger partial charge in [0.2, 0.25) is 0 Å². The maximum Gasteiger partial charge on any atom is 0.180 e. The van der Waals surface area contributed by atoms with Gasteiger partial charge in [-0.15, -0.1) is 0 Å². The molecule has 0 N–H and O–H groups in total. The van der Waals surface area contributed by atoms with Crippen molar-refractivity contribution in [2.24, 2.45) is 15.0 Å². The van der Waals surface area contributed by atoms with Crippen LogP contribution in [0.4, 0.5) is 0 Å². The fourth-order valence-corrected chi connectivity index (χ4v) is 1.24. The van der Waals surface area contributed by atoms with Crippen LogP contribution in [0.15, 0.2) is 27.3 Å². The maximum absolute atomic E-state index is 4.14. The quantitative estimate of drug-likeness (QED) is 0.586. The van der Waals surface area contributed by atoms with Gasteiger partial charge in [0.25, 0.3) is 0 Å². The molecule has 0 atom stereocenters. The molecule has 1 aliphatic heterocycles. The second-order valence-corrected chi connectivity index (χ2v) is 2.65. The number of hydrogen-bond acceptors (Lipinski definition) is 3. The molecule has 0 bridgehead atoms. The van der Waals surface area contributed by atoms with Crippen molar-refractivity contribution in [1.82, 2.24) is 0 Å². The lowest BCUT2D eigenvalue weighted by Crippen LogP contribution is -2.00. The molecule has 0 spiro atoms. The van der Waals surface area contributed by atoms with Crippen molar-refractivity contribution in [3.05, 3.63) is 12.3 Å². The van der Waals surface area contributed by atoms with Gasteiger partial charge in [0.05, 0.1) is 5.55 Å². The lowest BCUT2D eigenvalue weighted by atomic mass is 10.6. The highest BCUT2D eigenvalue weighted by molar-refractivity contribution is 8.27. The molecule has 0 aromatic carbocycles. The summed E-state index contributed by atoms with van der Waals surface area (Å²) in [5.41, 5.74) is 1.74. The van der Waals surface area contributed by atoms with E-state index in [0.717, 1.165) is 5.04 Å². The molecule has 0 unspecified atom stereocenters. The Bertz CT molecular complexity index is 250. The Hall–Kier alpha value is -0.900. The summed E-state index contributed by atoms with van der Waals surface area (Å²) in [6.07, 6.45) is 3.61. The monoisotopic (exact) mass is 167 g/mol. The summed E-state index contributed by atoms with van der Waals surface area (Å²) in [5.74, 6) is 0.716. The van der Waals surface area contributed by atoms with Gasteiger partial charge in [-0.2, -0.15) is 0 Å². The molecule has 58 valence electrons. The highest BCUT2D eigenvalue weighted by Gasteiger charge is 2.11. The first kappa shape index (κ1) is 8.20. The SMILES string of the molecule is C\C=C/N=C1/SC=N/C1=N/C. The van der Waals surface area contributed by atoms with E-state index in [1.165, 1.54) is 11.8 Å². The van der Waals surface area contributed by atoms with Crippen molar-refractivity contribution in [3.8, 4) is 0 Å². The Morgan fingerprint density at radius 3 is 3.09 bits per heavy atom. The lowest BCUT2D eigenvalue weighted by molar-refractivity contribution is 1.42. The zero-order valence-electron chi connectivity index (χ0n) is 6.48. The Morgan fingerprint density at radius 1 is 1.64 bits per heavy atom. The first-order valence-corrected chi connectivity index (χ1v) is 4.11. The third-order valence-electron chi connectivity index (χ3n) is 1.08. The number of amidine groups is 1. The van der Waals surface area contributed by atoms with Gasteiger partial charge in [-0.1, -0.05) is 17.8 Å². The van der Waals surface area contributed by atoms with Crippen molar-refractivity contribution in [3.63, 3.8) is 0 Å². The fourth-order valence-electron chi connectivity index (χ4n) is 0.618. The van der Waals surface area contributed by atoms with E-state index in [1.54, 1.807) is 18.8 Å². The van der Waals surface area contributed by atoms with Crippen LogP contribution in [0, 0.1) is 0 Å². The smallest absolute Gasteiger partial charge is 0.180 e. The third kappa shape index (κ3) is 2.01. The van der Waals surface area contributed by atoms with Crippen LogP contribution in [0.5, 0.6) is 0 Å². The first-order chi connectivity index (χ1) is 5.38. The second-order valence-electron chi connectivity index (χ2n) is 1.82. The summed E-state index contributed by atoms with van der Waals surface area (Å²) in [7, 11) is 1.71. The largest absolute Gasteiger partial charge is 0.268 e. The van der Waals surface area contributed by atoms with Crippen LogP contribution in [0.2, 0.25) is 0 Å². The molecule has 0 fully saturated rings. The molecular weight excluding hydrogens is 158 g/mol. The van der Waals surface area contributed by atoms with Crippen LogP contribution in [0.1, 0.15) is 6.92 Å². The van der Waals surface area contributed by atoms with Gasteiger partial charge in [0.15, 0.2) is 5.84 Å². The van der Waals surface area contributed by atoms with Gasteiger partial charge in [-0.05, 0) is 6.92 Å². The van der Waals surface area contributed by atoms with E-state index in [9.17, 15) is 0 Å². The van der Waals surface area contributed by atoms with Crippen LogP contribution < -0.4 is 0 Å². The molecular formula is C7H9N3S. The predicted molar refractivity (Wildman–Crippen MR) is 51.7 cm³/mol. The van der Waals surface area contributed by atoms with Gasteiger partial charge in [0.1, 0.15) is 5.04 Å². The molecule has 0 aromatic rings. The van der Waals surface area contributed by atoms with Crippen LogP contribution in [-0.2, 0) is 0 Å². The van der Waals surface area contributed by atoms with Gasteiger partial charge in [0, 0.05) is 13.2 Å². The van der Waals surface area contributed by atoms with E-state index in [-0.39, 0.29) is 0 Å². The zero-order chi connectivity index (χ0) is 8.10. The van der Waals surface area contributed by atoms with E-state index >= 15 is 0 Å². The summed E-state index contributed by atoms with van der Waals surface area (Å²) in [6.45, 7) is 1.92. The molecule has 11 heavy (non-hydrogen) atoms. The Balaban J connectivity index is 2.76. The molecule has 1 rings (SSSR count). The topological polar surface area (TPSA) is 37.1 Å². The van der Waals surface area contributed by atoms with Crippen LogP contribution in [-0.4, -0.2) is 23.5 Å². The standard InChI is InChI=1S/C7H9N3S/c1-3-4-9-7-6(8-2)10-5-11-7/h3-5H,1-2H3/b4-3-,8-6+,9-7+. The second kappa shape index (κ2) is 4.08. The van der Waals surface area contributed by atoms with Crippen molar-refractivity contribution >= 4 is 28.2 Å². The number of rotatable bonds is 1. The molecule has 3 nitrogen and oxygen atoms in total. The average molecular weight is 167 g/mol. The van der Waals surface area contributed by atoms with Crippen LogP contribution in [0.25, 0.3) is 0 Å². The lowest BCUT2D eigenvalue weighted by Gasteiger charge is -1.89. The zero-order valence-corrected chi connectivity index (χ0v) is 7.30. The van der Waals surface area contributed by atoms with E-state index in [0.29, 0.717) is 5.84 Å². The van der Waals surface area contributed by atoms with E-state index in [2.05, 4.69) is 15.0 Å². The molecule has 0 saturated heterocycles. The first-order valence-electron chi connectivity index (χ1n) is 3.23. The van der Waals surface area contributed by atoms with Crippen LogP contribution in [0.3, 0.4) is 0 Å². The van der Waals surface area contributed by atoms with E-state index in [1.807, 2.05) is 13.0 Å². The molecule has 0 radical (unpaired) electrons. The van der Waals surface area contributed by atoms with Gasteiger partial charge in [-0.3, -0.25) is 4.99 Å². The summed E-state index contributed by atoms with van der Waals surface area (Å²) in [6, 6.07) is 0. The van der Waals surface area contributed by atoms with E-state index in [4.69, 9.17) is 0 Å². The minimum atomic E-state index is 0.716. The molecule has 0 amide bonds. The Kier molecular flexibility index (Phi) is 3.04. The van der Waals surface area contributed by atoms with Crippen molar-refractivity contribution in [2.45, 2.75) is 6.92 Å². The van der Waals surface area contributed by atoms with Gasteiger partial charge >= 0.3 is 0 Å². The third-order valence-corrected chi connectivity index (χ3v) is 1.81. The van der Waals surface area contributed by atoms with Gasteiger partial charge in [-0.25, -0.2) is 9.98 Å². The Morgan fingerprint density at radius 2 is 2.45 bits per heavy atom. The number of allylic oxidation sites excluding steroid dienone is 1. The minimum absolute atomic E-state index is 0.716. The molecule has 0 aliphatic carbocycles. The fraction of sp³-hybridized carbons (Fsp3) is 0.286. The average Bonchev–Trinajstić information content (AvgIpc) is 2.47. The van der Waals surface area contributed by atoms with E-state index < -0.39 is 0 Å². The number of nitrogens with zero attached hydrogens (tertiary/aromatic N) is 3. The highest BCUT2D eigenvalue weighted by Crippen LogP contribution is 2.11. The molecule has 0 aromatic heterocycles. The normalized spacial score (nSPS) is 24.5. The summed E-state index contributed by atoms with van der Waals surface area (Å²) in [4.78, 5) is 12.1. The van der Waals surface area contributed by atoms with Crippen molar-refractivity contribution in [1.29, 1.82) is 0 Å². The number of hydrogen-bond donors (Lipinski definition) is 0. The summed E-state index contributed by atoms with van der Waals surface area (Å²) < 4.78 is 0. The minimum Gasteiger partial charge on any atom is -0.268 e. The molecule has 1 heterocycles. The Labute approximate surface area is 70.0 Å².